The molecule has 0 spiro atoms. The highest BCUT2D eigenvalue weighted by Crippen LogP contribution is 2.39. The van der Waals surface area contributed by atoms with Crippen LogP contribution in [0.1, 0.15) is 28.4 Å². The zero-order chi connectivity index (χ0) is 23.3. The first-order chi connectivity index (χ1) is 14.5. The molecule has 31 heavy (non-hydrogen) atoms. The monoisotopic (exact) mass is 511 g/mol. The van der Waals surface area contributed by atoms with Gasteiger partial charge in [0.25, 0.3) is 5.91 Å². The van der Waals surface area contributed by atoms with Gasteiger partial charge < -0.3 is 27.4 Å². The van der Waals surface area contributed by atoms with Gasteiger partial charge in [0.15, 0.2) is 5.96 Å². The van der Waals surface area contributed by atoms with E-state index in [-0.39, 0.29) is 38.0 Å². The van der Waals surface area contributed by atoms with Crippen LogP contribution in [0.5, 0.6) is 5.75 Å². The van der Waals surface area contributed by atoms with Crippen molar-refractivity contribution < 1.29 is 24.6 Å². The molecule has 0 saturated heterocycles. The predicted molar refractivity (Wildman–Crippen MR) is 118 cm³/mol. The van der Waals surface area contributed by atoms with Crippen molar-refractivity contribution in [2.45, 2.75) is 12.5 Å². The SMILES string of the molecule is NCC(=O)N(C(=O)c1cccc(N=C(N)N)c1)C(CC(=O)O)c1cc(Cl)cc(Br)c1O. The Morgan fingerprint density at radius 3 is 2.45 bits per heavy atom. The number of guanidine groups is 1. The van der Waals surface area contributed by atoms with Crippen molar-refractivity contribution in [3.05, 3.63) is 57.0 Å². The lowest BCUT2D eigenvalue weighted by Gasteiger charge is -2.30. The molecule has 0 fully saturated rings. The molecule has 1 atom stereocenters. The van der Waals surface area contributed by atoms with Crippen molar-refractivity contribution in [1.29, 1.82) is 0 Å². The number of phenolic OH excluding ortho intramolecular Hbond substituents is 1. The molecule has 1 unspecified atom stereocenters. The minimum atomic E-state index is -1.40. The van der Waals surface area contributed by atoms with Crippen LogP contribution in [0.4, 0.5) is 5.69 Å². The van der Waals surface area contributed by atoms with E-state index in [2.05, 4.69) is 20.9 Å². The zero-order valence-corrected chi connectivity index (χ0v) is 18.3. The average Bonchev–Trinajstić information content (AvgIpc) is 2.69. The molecular weight excluding hydrogens is 494 g/mol. The number of nitrogens with two attached hydrogens (primary N) is 3. The van der Waals surface area contributed by atoms with Gasteiger partial charge in [-0.1, -0.05) is 17.7 Å². The van der Waals surface area contributed by atoms with Crippen molar-refractivity contribution in [2.75, 3.05) is 6.54 Å². The van der Waals surface area contributed by atoms with Gasteiger partial charge in [-0.05, 0) is 46.3 Å². The first kappa shape index (κ1) is 24.1. The van der Waals surface area contributed by atoms with Crippen molar-refractivity contribution in [3.8, 4) is 5.75 Å². The number of phenols is 1. The molecule has 0 aliphatic carbocycles. The number of carboxylic acid groups (broad SMARTS) is 1. The number of carbonyl (C=O) groups is 3. The van der Waals surface area contributed by atoms with Gasteiger partial charge in [-0.15, -0.1) is 0 Å². The molecule has 0 aliphatic heterocycles. The van der Waals surface area contributed by atoms with Crippen LogP contribution in [0.3, 0.4) is 0 Å². The van der Waals surface area contributed by atoms with Crippen molar-refractivity contribution in [2.24, 2.45) is 22.2 Å². The number of aliphatic imine (C=N–C) groups is 1. The summed E-state index contributed by atoms with van der Waals surface area (Å²) >= 11 is 9.16. The highest BCUT2D eigenvalue weighted by molar-refractivity contribution is 9.10. The standard InChI is InChI=1S/C19H19BrClN5O5/c20-13-6-10(21)5-12(17(13)30)14(7-16(28)29)26(15(27)8-22)18(31)9-2-1-3-11(4-9)25-19(23)24/h1-6,14,30H,7-8,22H2,(H,28,29)(H4,23,24,25). The summed E-state index contributed by atoms with van der Waals surface area (Å²) in [5.74, 6) is -3.65. The molecule has 2 aromatic rings. The molecule has 0 aromatic heterocycles. The van der Waals surface area contributed by atoms with Gasteiger partial charge in [0.05, 0.1) is 29.2 Å². The molecule has 12 heteroatoms. The lowest BCUT2D eigenvalue weighted by Crippen LogP contribution is -2.44. The van der Waals surface area contributed by atoms with E-state index in [4.69, 9.17) is 28.8 Å². The van der Waals surface area contributed by atoms with E-state index in [1.807, 2.05) is 0 Å². The maximum absolute atomic E-state index is 13.3. The molecule has 0 radical (unpaired) electrons. The second kappa shape index (κ2) is 10.2. The quantitative estimate of drug-likeness (QED) is 0.275. The predicted octanol–water partition coefficient (Wildman–Crippen LogP) is 1.86. The van der Waals surface area contributed by atoms with Crippen LogP contribution in [-0.2, 0) is 9.59 Å². The molecule has 2 rings (SSSR count). The fraction of sp³-hybridized carbons (Fsp3) is 0.158. The van der Waals surface area contributed by atoms with E-state index >= 15 is 0 Å². The smallest absolute Gasteiger partial charge is 0.305 e. The van der Waals surface area contributed by atoms with Crippen LogP contribution in [0.25, 0.3) is 0 Å². The molecule has 10 nitrogen and oxygen atoms in total. The number of carbonyl (C=O) groups excluding carboxylic acids is 2. The Morgan fingerprint density at radius 2 is 1.87 bits per heavy atom. The van der Waals surface area contributed by atoms with Crippen LogP contribution in [0, 0.1) is 0 Å². The summed E-state index contributed by atoms with van der Waals surface area (Å²) in [5.41, 5.74) is 16.4. The highest BCUT2D eigenvalue weighted by atomic mass is 79.9. The number of benzene rings is 2. The summed E-state index contributed by atoms with van der Waals surface area (Å²) in [6, 6.07) is 6.99. The summed E-state index contributed by atoms with van der Waals surface area (Å²) in [5, 5.41) is 20.1. The first-order valence-corrected chi connectivity index (χ1v) is 9.88. The van der Waals surface area contributed by atoms with E-state index in [1.54, 1.807) is 0 Å². The Labute approximate surface area is 190 Å². The third kappa shape index (κ3) is 5.94. The summed E-state index contributed by atoms with van der Waals surface area (Å²) in [6.07, 6.45) is -0.703. The second-order valence-electron chi connectivity index (χ2n) is 6.30. The highest BCUT2D eigenvalue weighted by Gasteiger charge is 2.35. The van der Waals surface area contributed by atoms with E-state index in [0.717, 1.165) is 0 Å². The number of amides is 2. The van der Waals surface area contributed by atoms with Crippen molar-refractivity contribution in [1.82, 2.24) is 4.90 Å². The van der Waals surface area contributed by atoms with Crippen LogP contribution in [-0.4, -0.2) is 45.4 Å². The number of carboxylic acids is 1. The Balaban J connectivity index is 2.66. The average molecular weight is 513 g/mol. The van der Waals surface area contributed by atoms with Crippen LogP contribution in [0.2, 0.25) is 5.02 Å². The Morgan fingerprint density at radius 1 is 1.19 bits per heavy atom. The van der Waals surface area contributed by atoms with E-state index in [1.165, 1.54) is 36.4 Å². The number of nitrogens with zero attached hydrogens (tertiary/aromatic N) is 2. The van der Waals surface area contributed by atoms with Crippen molar-refractivity contribution >= 4 is 57.0 Å². The number of aromatic hydroxyl groups is 1. The molecule has 0 bridgehead atoms. The Kier molecular flexibility index (Phi) is 7.97. The number of hydrogen-bond acceptors (Lipinski definition) is 6. The summed E-state index contributed by atoms with van der Waals surface area (Å²) < 4.78 is 0.160. The lowest BCUT2D eigenvalue weighted by molar-refractivity contribution is -0.139. The topological polar surface area (TPSA) is 185 Å². The zero-order valence-electron chi connectivity index (χ0n) is 16.0. The number of aliphatic carboxylic acids is 1. The van der Waals surface area contributed by atoms with Gasteiger partial charge in [0.1, 0.15) is 5.75 Å². The number of hydrogen-bond donors (Lipinski definition) is 5. The molecule has 0 saturated carbocycles. The van der Waals surface area contributed by atoms with Gasteiger partial charge in [-0.25, -0.2) is 4.99 Å². The Bertz CT molecular complexity index is 1060. The number of rotatable bonds is 7. The normalized spacial score (nSPS) is 11.5. The maximum Gasteiger partial charge on any atom is 0.305 e. The molecule has 8 N–H and O–H groups in total. The second-order valence-corrected chi connectivity index (χ2v) is 7.59. The minimum Gasteiger partial charge on any atom is -0.506 e. The lowest BCUT2D eigenvalue weighted by atomic mass is 9.99. The van der Waals surface area contributed by atoms with Crippen LogP contribution >= 0.6 is 27.5 Å². The summed E-state index contributed by atoms with van der Waals surface area (Å²) in [6.45, 7) is -0.585. The fourth-order valence-electron chi connectivity index (χ4n) is 2.87. The van der Waals surface area contributed by atoms with Gasteiger partial charge in [-0.2, -0.15) is 0 Å². The van der Waals surface area contributed by atoms with E-state index in [9.17, 15) is 24.6 Å². The van der Waals surface area contributed by atoms with Crippen LogP contribution in [0.15, 0.2) is 45.9 Å². The van der Waals surface area contributed by atoms with E-state index < -0.39 is 36.8 Å². The largest absolute Gasteiger partial charge is 0.506 e. The van der Waals surface area contributed by atoms with Gasteiger partial charge in [-0.3, -0.25) is 19.3 Å². The molecule has 0 aliphatic rings. The summed E-state index contributed by atoms with van der Waals surface area (Å²) in [7, 11) is 0. The molecule has 2 amide bonds. The van der Waals surface area contributed by atoms with Crippen molar-refractivity contribution in [3.63, 3.8) is 0 Å². The number of imide groups is 1. The van der Waals surface area contributed by atoms with Crippen LogP contribution < -0.4 is 17.2 Å². The van der Waals surface area contributed by atoms with Gasteiger partial charge in [0.2, 0.25) is 5.91 Å². The van der Waals surface area contributed by atoms with Gasteiger partial charge >= 0.3 is 5.97 Å². The molecule has 2 aromatic carbocycles. The van der Waals surface area contributed by atoms with Gasteiger partial charge in [0, 0.05) is 16.1 Å². The molecular formula is C19H19BrClN5O5. The maximum atomic E-state index is 13.3. The van der Waals surface area contributed by atoms with E-state index in [0.29, 0.717) is 4.90 Å². The molecule has 164 valence electrons. The third-order valence-corrected chi connectivity index (χ3v) is 4.93. The molecule has 0 heterocycles. The third-order valence-electron chi connectivity index (χ3n) is 4.11. The fourth-order valence-corrected chi connectivity index (χ4v) is 3.70. The summed E-state index contributed by atoms with van der Waals surface area (Å²) in [4.78, 5) is 42.0. The minimum absolute atomic E-state index is 0.000252. The first-order valence-electron chi connectivity index (χ1n) is 8.71. The number of halogens is 2. The Hall–Kier alpha value is -3.15.